The highest BCUT2D eigenvalue weighted by Gasteiger charge is 2.21. The van der Waals surface area contributed by atoms with E-state index in [4.69, 9.17) is 19.1 Å². The number of hydrogen-bond donors (Lipinski definition) is 0. The highest BCUT2D eigenvalue weighted by molar-refractivity contribution is 5.95. The number of esters is 1. The van der Waals surface area contributed by atoms with Crippen LogP contribution in [-0.4, -0.2) is 35.6 Å². The van der Waals surface area contributed by atoms with Crippen molar-refractivity contribution in [2.45, 2.75) is 39.7 Å². The van der Waals surface area contributed by atoms with Gasteiger partial charge in [0, 0.05) is 18.5 Å². The second kappa shape index (κ2) is 8.94. The predicted octanol–water partition coefficient (Wildman–Crippen LogP) is 5.98. The molecule has 0 atom stereocenters. The maximum atomic E-state index is 13.7. The van der Waals surface area contributed by atoms with Crippen LogP contribution in [0.4, 0.5) is 10.2 Å². The summed E-state index contributed by atoms with van der Waals surface area (Å²) in [5, 5.41) is 0.658. The first-order valence-electron chi connectivity index (χ1n) is 10.8. The van der Waals surface area contributed by atoms with Crippen LogP contribution >= 0.6 is 0 Å². The summed E-state index contributed by atoms with van der Waals surface area (Å²) in [6.07, 6.45) is 1.78. The molecule has 4 rings (SSSR count). The molecule has 0 amide bonds. The third kappa shape index (κ3) is 4.28. The van der Waals surface area contributed by atoms with Crippen molar-refractivity contribution in [1.82, 2.24) is 9.97 Å². The van der Waals surface area contributed by atoms with Gasteiger partial charge in [0.1, 0.15) is 17.1 Å². The van der Waals surface area contributed by atoms with Gasteiger partial charge in [-0.15, -0.1) is 0 Å². The summed E-state index contributed by atoms with van der Waals surface area (Å²) in [7, 11) is 1.93. The molecule has 0 fully saturated rings. The molecule has 0 saturated carbocycles. The smallest absolute Gasteiger partial charge is 0.338 e. The summed E-state index contributed by atoms with van der Waals surface area (Å²) in [5.74, 6) is 0.422. The van der Waals surface area contributed by atoms with E-state index in [1.807, 2.05) is 32.7 Å². The average Bonchev–Trinajstić information content (AvgIpc) is 3.20. The van der Waals surface area contributed by atoms with Crippen molar-refractivity contribution in [3.8, 4) is 11.5 Å². The number of anilines is 1. The second-order valence-corrected chi connectivity index (χ2v) is 8.09. The zero-order valence-corrected chi connectivity index (χ0v) is 18.7. The van der Waals surface area contributed by atoms with Gasteiger partial charge in [-0.05, 0) is 62.7 Å². The molecular weight excluding hydrogens is 409 g/mol. The molecular formula is C25H26FN3O3. The molecule has 2 aromatic heterocycles. The molecule has 0 aliphatic rings. The minimum Gasteiger partial charge on any atom is -0.462 e. The number of halogens is 1. The molecule has 4 aromatic rings. The van der Waals surface area contributed by atoms with Crippen LogP contribution in [0.3, 0.4) is 0 Å². The van der Waals surface area contributed by atoms with Crippen molar-refractivity contribution in [3.63, 3.8) is 0 Å². The average molecular weight is 435 g/mol. The molecule has 2 heterocycles. The Morgan fingerprint density at radius 3 is 2.69 bits per heavy atom. The number of nitrogens with zero attached hydrogens (tertiary/aromatic N) is 3. The quantitative estimate of drug-likeness (QED) is 0.263. The second-order valence-electron chi connectivity index (χ2n) is 8.09. The number of hydrogen-bond acceptors (Lipinski definition) is 6. The van der Waals surface area contributed by atoms with Crippen LogP contribution in [0.2, 0.25) is 0 Å². The molecule has 7 heteroatoms. The summed E-state index contributed by atoms with van der Waals surface area (Å²) < 4.78 is 25.0. The summed E-state index contributed by atoms with van der Waals surface area (Å²) in [6.45, 7) is 6.53. The highest BCUT2D eigenvalue weighted by atomic mass is 19.1. The molecule has 0 aliphatic carbocycles. The van der Waals surface area contributed by atoms with Gasteiger partial charge in [0.05, 0.1) is 23.2 Å². The van der Waals surface area contributed by atoms with Crippen LogP contribution in [0.15, 0.2) is 46.9 Å². The number of benzene rings is 2. The van der Waals surface area contributed by atoms with E-state index in [1.54, 1.807) is 30.3 Å². The van der Waals surface area contributed by atoms with Crippen LogP contribution in [0.1, 0.15) is 44.0 Å². The third-order valence-corrected chi connectivity index (χ3v) is 5.43. The van der Waals surface area contributed by atoms with Crippen LogP contribution in [0.5, 0.6) is 0 Å². The van der Waals surface area contributed by atoms with Crippen molar-refractivity contribution in [3.05, 3.63) is 53.8 Å². The van der Waals surface area contributed by atoms with E-state index < -0.39 is 0 Å². The molecule has 0 aliphatic heterocycles. The predicted molar refractivity (Wildman–Crippen MR) is 123 cm³/mol. The lowest BCUT2D eigenvalue weighted by atomic mass is 10.1. The van der Waals surface area contributed by atoms with Gasteiger partial charge in [0.2, 0.25) is 0 Å². The van der Waals surface area contributed by atoms with Crippen molar-refractivity contribution < 1.29 is 18.3 Å². The fourth-order valence-corrected chi connectivity index (χ4v) is 3.35. The summed E-state index contributed by atoms with van der Waals surface area (Å²) in [4.78, 5) is 24.0. The minimum absolute atomic E-state index is 0.143. The van der Waals surface area contributed by atoms with E-state index in [0.717, 1.165) is 12.8 Å². The molecule has 166 valence electrons. The summed E-state index contributed by atoms with van der Waals surface area (Å²) in [5.41, 5.74) is 2.78. The fraction of sp³-hybridized carbons (Fsp3) is 0.320. The Kier molecular flexibility index (Phi) is 6.08. The van der Waals surface area contributed by atoms with E-state index in [9.17, 15) is 9.18 Å². The Morgan fingerprint density at radius 1 is 1.12 bits per heavy atom. The molecule has 0 saturated heterocycles. The number of unbranched alkanes of at least 4 members (excludes halogenated alkanes) is 1. The van der Waals surface area contributed by atoms with Crippen LogP contribution < -0.4 is 4.90 Å². The van der Waals surface area contributed by atoms with Gasteiger partial charge in [-0.1, -0.05) is 13.3 Å². The Hall–Kier alpha value is -3.48. The lowest BCUT2D eigenvalue weighted by molar-refractivity contribution is 0.0500. The van der Waals surface area contributed by atoms with Gasteiger partial charge in [-0.3, -0.25) is 0 Å². The van der Waals surface area contributed by atoms with Gasteiger partial charge >= 0.3 is 5.97 Å². The van der Waals surface area contributed by atoms with Crippen molar-refractivity contribution in [1.29, 1.82) is 0 Å². The Labute approximate surface area is 186 Å². The van der Waals surface area contributed by atoms with E-state index in [1.165, 1.54) is 12.1 Å². The lowest BCUT2D eigenvalue weighted by Crippen LogP contribution is -2.27. The molecule has 6 nitrogen and oxygen atoms in total. The van der Waals surface area contributed by atoms with Gasteiger partial charge in [0.15, 0.2) is 11.6 Å². The number of carbonyl (C=O) groups is 1. The Balaban J connectivity index is 1.81. The molecule has 32 heavy (non-hydrogen) atoms. The standard InChI is InChI=1S/C25H26FN3O3/c1-5-6-11-31-25(30)16-7-9-19-20(13-16)28-24(29(4)15(2)3)23(27-19)22-14-17-12-18(26)8-10-21(17)32-22/h7-10,12-15H,5-6,11H2,1-4H3. The minimum atomic E-state index is -0.371. The molecule has 2 aromatic carbocycles. The zero-order chi connectivity index (χ0) is 22.8. The van der Waals surface area contributed by atoms with Gasteiger partial charge < -0.3 is 14.1 Å². The Morgan fingerprint density at radius 2 is 1.94 bits per heavy atom. The first kappa shape index (κ1) is 21.7. The molecule has 0 N–H and O–H groups in total. The zero-order valence-electron chi connectivity index (χ0n) is 18.7. The number of ether oxygens (including phenoxy) is 1. The van der Waals surface area contributed by atoms with E-state index >= 15 is 0 Å². The monoisotopic (exact) mass is 435 g/mol. The van der Waals surface area contributed by atoms with E-state index in [-0.39, 0.29) is 17.8 Å². The summed E-state index contributed by atoms with van der Waals surface area (Å²) in [6, 6.07) is 11.5. The van der Waals surface area contributed by atoms with Gasteiger partial charge in [-0.2, -0.15) is 0 Å². The number of aromatic nitrogens is 2. The number of furan rings is 1. The maximum absolute atomic E-state index is 13.7. The fourth-order valence-electron chi connectivity index (χ4n) is 3.35. The van der Waals surface area contributed by atoms with Gasteiger partial charge in [-0.25, -0.2) is 19.2 Å². The van der Waals surface area contributed by atoms with E-state index in [0.29, 0.717) is 51.4 Å². The highest BCUT2D eigenvalue weighted by Crippen LogP contribution is 2.34. The van der Waals surface area contributed by atoms with Crippen LogP contribution in [0, 0.1) is 5.82 Å². The summed E-state index contributed by atoms with van der Waals surface area (Å²) >= 11 is 0. The van der Waals surface area contributed by atoms with Crippen molar-refractivity contribution in [2.24, 2.45) is 0 Å². The lowest BCUT2D eigenvalue weighted by Gasteiger charge is -2.24. The molecule has 0 radical (unpaired) electrons. The third-order valence-electron chi connectivity index (χ3n) is 5.43. The molecule has 0 bridgehead atoms. The van der Waals surface area contributed by atoms with E-state index in [2.05, 4.69) is 0 Å². The SMILES string of the molecule is CCCCOC(=O)c1ccc2nc(-c3cc4cc(F)ccc4o3)c(N(C)C(C)C)nc2c1. The van der Waals surface area contributed by atoms with Crippen molar-refractivity contribution in [2.75, 3.05) is 18.6 Å². The maximum Gasteiger partial charge on any atom is 0.338 e. The normalized spacial score (nSPS) is 11.4. The Bertz CT molecular complexity index is 1280. The first-order chi connectivity index (χ1) is 15.4. The molecule has 0 unspecified atom stereocenters. The first-order valence-corrected chi connectivity index (χ1v) is 10.8. The van der Waals surface area contributed by atoms with Crippen molar-refractivity contribution >= 4 is 33.8 Å². The number of fused-ring (bicyclic) bond motifs is 2. The van der Waals surface area contributed by atoms with Gasteiger partial charge in [0.25, 0.3) is 0 Å². The van der Waals surface area contributed by atoms with Crippen LogP contribution in [0.25, 0.3) is 33.5 Å². The molecule has 0 spiro atoms. The number of carbonyl (C=O) groups excluding carboxylic acids is 1. The number of rotatable bonds is 7. The topological polar surface area (TPSA) is 68.5 Å². The largest absolute Gasteiger partial charge is 0.462 e. The van der Waals surface area contributed by atoms with Crippen LogP contribution in [-0.2, 0) is 4.74 Å².